The summed E-state index contributed by atoms with van der Waals surface area (Å²) in [6.45, 7) is 1.42. The van der Waals surface area contributed by atoms with E-state index in [2.05, 4.69) is 5.32 Å². The summed E-state index contributed by atoms with van der Waals surface area (Å²) >= 11 is 0. The summed E-state index contributed by atoms with van der Waals surface area (Å²) in [5.41, 5.74) is 0.956. The maximum absolute atomic E-state index is 13.8. The minimum atomic E-state index is -3.82. The molecule has 166 valence electrons. The maximum atomic E-state index is 13.8. The van der Waals surface area contributed by atoms with Crippen LogP contribution in [0.3, 0.4) is 0 Å². The number of sulfonamides is 1. The molecule has 0 unspecified atom stereocenters. The van der Waals surface area contributed by atoms with Gasteiger partial charge in [0.1, 0.15) is 11.6 Å². The number of nitrogens with zero attached hydrogens (tertiary/aromatic N) is 2. The molecule has 3 aromatic rings. The summed E-state index contributed by atoms with van der Waals surface area (Å²) in [6, 6.07) is 17.5. The van der Waals surface area contributed by atoms with Crippen LogP contribution in [0.1, 0.15) is 10.4 Å². The van der Waals surface area contributed by atoms with Crippen LogP contribution in [0.2, 0.25) is 0 Å². The number of halogens is 2. The average Bonchev–Trinajstić information content (AvgIpc) is 2.81. The zero-order chi connectivity index (χ0) is 22.7. The second-order valence-electron chi connectivity index (χ2n) is 7.33. The Balaban J connectivity index is 1.47. The van der Waals surface area contributed by atoms with Gasteiger partial charge in [0.2, 0.25) is 10.0 Å². The van der Waals surface area contributed by atoms with Crippen molar-refractivity contribution in [2.75, 3.05) is 36.4 Å². The van der Waals surface area contributed by atoms with E-state index in [1.165, 1.54) is 58.9 Å². The van der Waals surface area contributed by atoms with Gasteiger partial charge in [0, 0.05) is 37.4 Å². The largest absolute Gasteiger partial charge is 0.369 e. The quantitative estimate of drug-likeness (QED) is 0.634. The number of amides is 1. The number of carbonyl (C=O) groups excluding carboxylic acids is 1. The Labute approximate surface area is 185 Å². The average molecular weight is 458 g/mol. The highest BCUT2D eigenvalue weighted by Gasteiger charge is 2.29. The van der Waals surface area contributed by atoms with Crippen LogP contribution < -0.4 is 10.2 Å². The number of carbonyl (C=O) groups is 1. The Bertz CT molecular complexity index is 1230. The minimum Gasteiger partial charge on any atom is -0.369 e. The summed E-state index contributed by atoms with van der Waals surface area (Å²) in [5, 5.41) is 2.46. The first-order chi connectivity index (χ1) is 15.3. The van der Waals surface area contributed by atoms with Gasteiger partial charge in [0.25, 0.3) is 5.91 Å². The second kappa shape index (κ2) is 9.05. The predicted molar refractivity (Wildman–Crippen MR) is 118 cm³/mol. The first kappa shape index (κ1) is 21.9. The van der Waals surface area contributed by atoms with Crippen molar-refractivity contribution in [2.45, 2.75) is 4.90 Å². The maximum Gasteiger partial charge on any atom is 0.255 e. The third kappa shape index (κ3) is 4.63. The molecule has 1 aliphatic rings. The van der Waals surface area contributed by atoms with Crippen LogP contribution in [-0.2, 0) is 10.0 Å². The fourth-order valence-corrected chi connectivity index (χ4v) is 5.01. The molecule has 1 amide bonds. The summed E-state index contributed by atoms with van der Waals surface area (Å²) in [7, 11) is -3.82. The number of rotatable bonds is 5. The first-order valence-corrected chi connectivity index (χ1v) is 11.5. The molecular weight excluding hydrogens is 436 g/mol. The molecule has 1 N–H and O–H groups in total. The van der Waals surface area contributed by atoms with Crippen LogP contribution in [0.15, 0.2) is 77.7 Å². The molecule has 0 spiro atoms. The number of piperazine rings is 1. The molecule has 0 aliphatic carbocycles. The topological polar surface area (TPSA) is 69.7 Å². The van der Waals surface area contributed by atoms with Crippen molar-refractivity contribution >= 4 is 27.3 Å². The van der Waals surface area contributed by atoms with Crippen LogP contribution in [0.5, 0.6) is 0 Å². The Hall–Kier alpha value is -3.30. The fourth-order valence-electron chi connectivity index (χ4n) is 3.54. The molecule has 3 aromatic carbocycles. The molecule has 1 saturated heterocycles. The fraction of sp³-hybridized carbons (Fsp3) is 0.174. The zero-order valence-corrected chi connectivity index (χ0v) is 17.9. The van der Waals surface area contributed by atoms with Gasteiger partial charge in [0.05, 0.1) is 10.6 Å². The van der Waals surface area contributed by atoms with Crippen molar-refractivity contribution in [2.24, 2.45) is 0 Å². The van der Waals surface area contributed by atoms with E-state index >= 15 is 0 Å². The summed E-state index contributed by atoms with van der Waals surface area (Å²) in [4.78, 5) is 14.5. The Morgan fingerprint density at radius 2 is 1.53 bits per heavy atom. The molecule has 0 saturated carbocycles. The molecule has 0 aromatic heterocycles. The Morgan fingerprint density at radius 3 is 2.22 bits per heavy atom. The summed E-state index contributed by atoms with van der Waals surface area (Å²) < 4.78 is 54.6. The second-order valence-corrected chi connectivity index (χ2v) is 9.27. The molecule has 1 aliphatic heterocycles. The van der Waals surface area contributed by atoms with E-state index in [1.54, 1.807) is 18.2 Å². The molecular formula is C23H21F2N3O3S. The number of hydrogen-bond donors (Lipinski definition) is 1. The van der Waals surface area contributed by atoms with Crippen LogP contribution in [0.4, 0.5) is 20.2 Å². The van der Waals surface area contributed by atoms with Crippen molar-refractivity contribution < 1.29 is 22.0 Å². The molecule has 4 rings (SSSR count). The van der Waals surface area contributed by atoms with Gasteiger partial charge in [-0.2, -0.15) is 4.31 Å². The summed E-state index contributed by atoms with van der Waals surface area (Å²) in [5.74, 6) is -1.51. The third-order valence-electron chi connectivity index (χ3n) is 5.29. The SMILES string of the molecule is O=C(Nc1ccccc1F)c1cccc(S(=O)(=O)N2CCN(c3ccc(F)cc3)CC2)c1. The lowest BCUT2D eigenvalue weighted by atomic mass is 10.2. The number of hydrogen-bond acceptors (Lipinski definition) is 4. The van der Waals surface area contributed by atoms with E-state index in [0.29, 0.717) is 13.1 Å². The van der Waals surface area contributed by atoms with Gasteiger partial charge in [-0.3, -0.25) is 4.79 Å². The molecule has 6 nitrogen and oxygen atoms in total. The highest BCUT2D eigenvalue weighted by molar-refractivity contribution is 7.89. The standard InChI is InChI=1S/C23H21F2N3O3S/c24-18-8-10-19(11-9-18)27-12-14-28(15-13-27)32(30,31)20-5-3-4-17(16-20)23(29)26-22-7-2-1-6-21(22)25/h1-11,16H,12-15H2,(H,26,29). The molecule has 9 heteroatoms. The normalized spacial score (nSPS) is 14.9. The molecule has 32 heavy (non-hydrogen) atoms. The lowest BCUT2D eigenvalue weighted by Crippen LogP contribution is -2.48. The van der Waals surface area contributed by atoms with Crippen molar-refractivity contribution in [3.8, 4) is 0 Å². The zero-order valence-electron chi connectivity index (χ0n) is 17.0. The van der Waals surface area contributed by atoms with E-state index in [0.717, 1.165) is 5.69 Å². The van der Waals surface area contributed by atoms with Gasteiger partial charge >= 0.3 is 0 Å². The van der Waals surface area contributed by atoms with E-state index in [-0.39, 0.29) is 35.1 Å². The molecule has 1 fully saturated rings. The Morgan fingerprint density at radius 1 is 0.844 bits per heavy atom. The number of benzene rings is 3. The van der Waals surface area contributed by atoms with Crippen LogP contribution in [-0.4, -0.2) is 44.8 Å². The number of nitrogens with one attached hydrogen (secondary N) is 1. The van der Waals surface area contributed by atoms with Gasteiger partial charge in [0.15, 0.2) is 0 Å². The van der Waals surface area contributed by atoms with Crippen LogP contribution in [0.25, 0.3) is 0 Å². The van der Waals surface area contributed by atoms with E-state index in [1.807, 2.05) is 4.90 Å². The van der Waals surface area contributed by atoms with Gasteiger partial charge in [-0.15, -0.1) is 0 Å². The van der Waals surface area contributed by atoms with Gasteiger partial charge < -0.3 is 10.2 Å². The predicted octanol–water partition coefficient (Wildman–Crippen LogP) is 3.73. The lowest BCUT2D eigenvalue weighted by Gasteiger charge is -2.35. The van der Waals surface area contributed by atoms with Crippen molar-refractivity contribution in [1.82, 2.24) is 4.31 Å². The van der Waals surface area contributed by atoms with Crippen molar-refractivity contribution in [3.05, 3.63) is 90.0 Å². The summed E-state index contributed by atoms with van der Waals surface area (Å²) in [6.07, 6.45) is 0. The molecule has 0 atom stereocenters. The van der Waals surface area contributed by atoms with Gasteiger partial charge in [-0.05, 0) is 54.6 Å². The monoisotopic (exact) mass is 457 g/mol. The van der Waals surface area contributed by atoms with E-state index in [4.69, 9.17) is 0 Å². The van der Waals surface area contributed by atoms with E-state index < -0.39 is 21.7 Å². The van der Waals surface area contributed by atoms with Crippen molar-refractivity contribution in [1.29, 1.82) is 0 Å². The lowest BCUT2D eigenvalue weighted by molar-refractivity contribution is 0.102. The molecule has 0 radical (unpaired) electrons. The smallest absolute Gasteiger partial charge is 0.255 e. The molecule has 1 heterocycles. The third-order valence-corrected chi connectivity index (χ3v) is 7.18. The van der Waals surface area contributed by atoms with Gasteiger partial charge in [-0.1, -0.05) is 18.2 Å². The number of para-hydroxylation sites is 1. The Kier molecular flexibility index (Phi) is 6.20. The van der Waals surface area contributed by atoms with Crippen molar-refractivity contribution in [3.63, 3.8) is 0 Å². The van der Waals surface area contributed by atoms with Gasteiger partial charge in [-0.25, -0.2) is 17.2 Å². The first-order valence-electron chi connectivity index (χ1n) is 10.0. The highest BCUT2D eigenvalue weighted by Crippen LogP contribution is 2.23. The van der Waals surface area contributed by atoms with Crippen LogP contribution in [0, 0.1) is 11.6 Å². The number of anilines is 2. The van der Waals surface area contributed by atoms with Crippen LogP contribution >= 0.6 is 0 Å². The minimum absolute atomic E-state index is 0.00563. The molecule has 0 bridgehead atoms. The highest BCUT2D eigenvalue weighted by atomic mass is 32.2. The van der Waals surface area contributed by atoms with E-state index in [9.17, 15) is 22.0 Å².